The molecule has 1 atom stereocenters. The van der Waals surface area contributed by atoms with Crippen molar-refractivity contribution in [1.29, 1.82) is 0 Å². The van der Waals surface area contributed by atoms with Crippen LogP contribution in [0.4, 0.5) is 4.79 Å². The van der Waals surface area contributed by atoms with Crippen LogP contribution in [0.5, 0.6) is 0 Å². The molecule has 1 rings (SSSR count). The van der Waals surface area contributed by atoms with Crippen LogP contribution in [0, 0.1) is 0 Å². The number of thiophene rings is 1. The number of amides is 1. The fourth-order valence-corrected chi connectivity index (χ4v) is 3.05. The van der Waals surface area contributed by atoms with Gasteiger partial charge in [0.2, 0.25) is 0 Å². The van der Waals surface area contributed by atoms with Crippen molar-refractivity contribution in [2.45, 2.75) is 38.8 Å². The lowest BCUT2D eigenvalue weighted by molar-refractivity contribution is -0.108. The van der Waals surface area contributed by atoms with Gasteiger partial charge in [-0.05, 0) is 48.1 Å². The molecule has 0 fully saturated rings. The lowest BCUT2D eigenvalue weighted by Crippen LogP contribution is -2.35. The van der Waals surface area contributed by atoms with Crippen LogP contribution in [0.2, 0.25) is 0 Å². The number of rotatable bonds is 4. The van der Waals surface area contributed by atoms with Gasteiger partial charge in [0, 0.05) is 15.8 Å². The second-order valence-corrected chi connectivity index (χ2v) is 6.54. The van der Waals surface area contributed by atoms with Gasteiger partial charge in [0.1, 0.15) is 11.9 Å². The van der Waals surface area contributed by atoms with E-state index in [4.69, 9.17) is 4.74 Å². The number of ether oxygens (including phenoxy) is 1. The minimum Gasteiger partial charge on any atom is -0.444 e. The highest BCUT2D eigenvalue weighted by molar-refractivity contribution is 9.10. The monoisotopic (exact) mass is 333 g/mol. The summed E-state index contributed by atoms with van der Waals surface area (Å²) in [6.45, 7) is 5.38. The predicted molar refractivity (Wildman–Crippen MR) is 74.8 cm³/mol. The molecule has 100 valence electrons. The topological polar surface area (TPSA) is 55.4 Å². The van der Waals surface area contributed by atoms with E-state index in [9.17, 15) is 9.59 Å². The molecule has 1 heterocycles. The van der Waals surface area contributed by atoms with Crippen molar-refractivity contribution in [2.24, 2.45) is 0 Å². The third kappa shape index (κ3) is 4.78. The number of hydrogen-bond donors (Lipinski definition) is 1. The first kappa shape index (κ1) is 15.2. The summed E-state index contributed by atoms with van der Waals surface area (Å²) in [4.78, 5) is 23.3. The second-order valence-electron chi connectivity index (χ2n) is 4.73. The van der Waals surface area contributed by atoms with Gasteiger partial charge in [-0.1, -0.05) is 0 Å². The Balaban J connectivity index is 2.73. The smallest absolute Gasteiger partial charge is 0.408 e. The van der Waals surface area contributed by atoms with Crippen LogP contribution in [0.15, 0.2) is 15.9 Å². The van der Waals surface area contributed by atoms with Crippen LogP contribution in [-0.2, 0) is 9.53 Å². The number of carbonyl (C=O) groups is 2. The zero-order valence-corrected chi connectivity index (χ0v) is 12.9. The summed E-state index contributed by atoms with van der Waals surface area (Å²) in [5.41, 5.74) is -0.553. The normalized spacial score (nSPS) is 12.9. The van der Waals surface area contributed by atoms with Crippen molar-refractivity contribution in [1.82, 2.24) is 5.32 Å². The van der Waals surface area contributed by atoms with Gasteiger partial charge in [-0.15, -0.1) is 11.3 Å². The van der Waals surface area contributed by atoms with E-state index in [0.717, 1.165) is 15.6 Å². The maximum atomic E-state index is 11.7. The first-order valence-corrected chi connectivity index (χ1v) is 7.17. The first-order valence-electron chi connectivity index (χ1n) is 5.49. The molecule has 1 aromatic heterocycles. The number of halogens is 1. The van der Waals surface area contributed by atoms with Crippen molar-refractivity contribution in [3.8, 4) is 0 Å². The molecule has 0 unspecified atom stereocenters. The van der Waals surface area contributed by atoms with Gasteiger partial charge in [0.25, 0.3) is 0 Å². The summed E-state index contributed by atoms with van der Waals surface area (Å²) in [7, 11) is 0. The molecule has 0 spiro atoms. The van der Waals surface area contributed by atoms with Crippen molar-refractivity contribution in [3.63, 3.8) is 0 Å². The van der Waals surface area contributed by atoms with Gasteiger partial charge in [-0.25, -0.2) is 4.79 Å². The minimum atomic E-state index is -0.553. The summed E-state index contributed by atoms with van der Waals surface area (Å²) >= 11 is 4.87. The molecule has 0 aliphatic heterocycles. The van der Waals surface area contributed by atoms with E-state index in [1.54, 1.807) is 20.8 Å². The maximum absolute atomic E-state index is 11.7. The van der Waals surface area contributed by atoms with Crippen molar-refractivity contribution in [2.75, 3.05) is 0 Å². The molecule has 18 heavy (non-hydrogen) atoms. The highest BCUT2D eigenvalue weighted by Gasteiger charge is 2.22. The Morgan fingerprint density at radius 2 is 2.28 bits per heavy atom. The van der Waals surface area contributed by atoms with Gasteiger partial charge in [0.15, 0.2) is 0 Å². The zero-order valence-electron chi connectivity index (χ0n) is 10.5. The molecule has 0 aliphatic rings. The van der Waals surface area contributed by atoms with Crippen molar-refractivity contribution in [3.05, 3.63) is 20.8 Å². The fourth-order valence-electron chi connectivity index (χ4n) is 1.33. The molecule has 0 radical (unpaired) electrons. The minimum absolute atomic E-state index is 0.221. The van der Waals surface area contributed by atoms with E-state index in [1.165, 1.54) is 11.3 Å². The third-order valence-electron chi connectivity index (χ3n) is 1.98. The highest BCUT2D eigenvalue weighted by Crippen LogP contribution is 2.30. The molecular formula is C12H16BrNO3S. The Morgan fingerprint density at radius 3 is 2.72 bits per heavy atom. The van der Waals surface area contributed by atoms with Gasteiger partial charge in [-0.3, -0.25) is 0 Å². The van der Waals surface area contributed by atoms with Crippen molar-refractivity contribution >= 4 is 39.6 Å². The molecule has 1 amide bonds. The fraction of sp³-hybridized carbons (Fsp3) is 0.500. The Bertz CT molecular complexity index is 425. The van der Waals surface area contributed by atoms with Crippen LogP contribution < -0.4 is 5.32 Å². The zero-order chi connectivity index (χ0) is 13.8. The van der Waals surface area contributed by atoms with Gasteiger partial charge < -0.3 is 14.8 Å². The van der Waals surface area contributed by atoms with Crippen LogP contribution in [-0.4, -0.2) is 18.0 Å². The number of aldehydes is 1. The van der Waals surface area contributed by atoms with Crippen LogP contribution in [0.1, 0.15) is 38.1 Å². The summed E-state index contributed by atoms with van der Waals surface area (Å²) in [6, 6.07) is 1.53. The number of carbonyl (C=O) groups excluding carboxylic acids is 2. The molecular weight excluding hydrogens is 318 g/mol. The Hall–Kier alpha value is -0.880. The number of nitrogens with one attached hydrogen (secondary N) is 1. The average Bonchev–Trinajstić information content (AvgIpc) is 2.60. The second kappa shape index (κ2) is 6.33. The summed E-state index contributed by atoms with van der Waals surface area (Å²) in [5.74, 6) is 0. The Morgan fingerprint density at radius 1 is 1.61 bits per heavy atom. The summed E-state index contributed by atoms with van der Waals surface area (Å²) < 4.78 is 6.06. The predicted octanol–water partition coefficient (Wildman–Crippen LogP) is 3.67. The molecule has 0 saturated heterocycles. The molecule has 4 nitrogen and oxygen atoms in total. The van der Waals surface area contributed by atoms with E-state index in [0.29, 0.717) is 0 Å². The molecule has 6 heteroatoms. The molecule has 0 bridgehead atoms. The van der Waals surface area contributed by atoms with E-state index in [1.807, 2.05) is 11.4 Å². The molecule has 0 aromatic carbocycles. The third-order valence-corrected chi connectivity index (χ3v) is 3.97. The maximum Gasteiger partial charge on any atom is 0.408 e. The van der Waals surface area contributed by atoms with E-state index >= 15 is 0 Å². The quantitative estimate of drug-likeness (QED) is 0.855. The summed E-state index contributed by atoms with van der Waals surface area (Å²) in [6.07, 6.45) is 0.488. The number of hydrogen-bond acceptors (Lipinski definition) is 4. The average molecular weight is 334 g/mol. The highest BCUT2D eigenvalue weighted by atomic mass is 79.9. The van der Waals surface area contributed by atoms with Crippen molar-refractivity contribution < 1.29 is 14.3 Å². The first-order chi connectivity index (χ1) is 8.33. The summed E-state index contributed by atoms with van der Waals surface area (Å²) in [5, 5.41) is 4.60. The molecule has 0 saturated carbocycles. The SMILES string of the molecule is CC(C)(C)OC(=O)N[C@@H](CC=O)c1sccc1Br. The molecule has 1 aromatic rings. The van der Waals surface area contributed by atoms with Crippen LogP contribution >= 0.6 is 27.3 Å². The van der Waals surface area contributed by atoms with Gasteiger partial charge >= 0.3 is 6.09 Å². The van der Waals surface area contributed by atoms with E-state index < -0.39 is 11.7 Å². The lowest BCUT2D eigenvalue weighted by Gasteiger charge is -2.22. The standard InChI is InChI=1S/C12H16BrNO3S/c1-12(2,3)17-11(16)14-9(4-6-15)10-8(13)5-7-18-10/h5-7,9H,4H2,1-3H3,(H,14,16)/t9-/m0/s1. The van der Waals surface area contributed by atoms with Crippen LogP contribution in [0.3, 0.4) is 0 Å². The number of alkyl carbamates (subject to hydrolysis) is 1. The van der Waals surface area contributed by atoms with E-state index in [-0.39, 0.29) is 12.5 Å². The largest absolute Gasteiger partial charge is 0.444 e. The Labute approximate surface area is 119 Å². The lowest BCUT2D eigenvalue weighted by atomic mass is 10.2. The van der Waals surface area contributed by atoms with E-state index in [2.05, 4.69) is 21.2 Å². The van der Waals surface area contributed by atoms with Gasteiger partial charge in [-0.2, -0.15) is 0 Å². The van der Waals surface area contributed by atoms with Gasteiger partial charge in [0.05, 0.1) is 6.04 Å². The molecule has 0 aliphatic carbocycles. The van der Waals surface area contributed by atoms with Crippen LogP contribution in [0.25, 0.3) is 0 Å². The molecule has 1 N–H and O–H groups in total. The Kier molecular flexibility index (Phi) is 5.34.